The lowest BCUT2D eigenvalue weighted by atomic mass is 10.0. The van der Waals surface area contributed by atoms with Crippen molar-refractivity contribution in [2.24, 2.45) is 5.41 Å². The van der Waals surface area contributed by atoms with Crippen molar-refractivity contribution in [2.45, 2.75) is 24.2 Å². The highest BCUT2D eigenvalue weighted by Gasteiger charge is 2.42. The van der Waals surface area contributed by atoms with Gasteiger partial charge in [0.25, 0.3) is 0 Å². The maximum Gasteiger partial charge on any atom is 0.240 e. The second-order valence-corrected chi connectivity index (χ2v) is 7.42. The molecule has 1 aliphatic rings. The van der Waals surface area contributed by atoms with Crippen LogP contribution >= 0.6 is 11.6 Å². The molecule has 0 radical (unpaired) electrons. The average molecular weight is 319 g/mol. The van der Waals surface area contributed by atoms with Crippen LogP contribution in [0.4, 0.5) is 5.69 Å². The molecule has 0 aromatic heterocycles. The van der Waals surface area contributed by atoms with Gasteiger partial charge in [0.2, 0.25) is 10.0 Å². The zero-order valence-electron chi connectivity index (χ0n) is 11.4. The smallest absolute Gasteiger partial charge is 0.240 e. The van der Waals surface area contributed by atoms with E-state index in [1.807, 2.05) is 0 Å². The summed E-state index contributed by atoms with van der Waals surface area (Å²) in [6.07, 6.45) is 2.93. The van der Waals surface area contributed by atoms with Crippen molar-refractivity contribution in [3.63, 3.8) is 0 Å². The molecule has 112 valence electrons. The van der Waals surface area contributed by atoms with Crippen LogP contribution in [0.5, 0.6) is 0 Å². The van der Waals surface area contributed by atoms with Gasteiger partial charge in [0.1, 0.15) is 0 Å². The zero-order valence-corrected chi connectivity index (χ0v) is 12.9. The number of anilines is 1. The number of rotatable bonds is 7. The van der Waals surface area contributed by atoms with Crippen molar-refractivity contribution in [2.75, 3.05) is 26.0 Å². The normalized spacial score (nSPS) is 17.1. The summed E-state index contributed by atoms with van der Waals surface area (Å²) in [5.41, 5.74) is 5.95. The number of ether oxygens (including phenoxy) is 1. The molecular formula is C13H19ClN2O3S. The molecule has 1 fully saturated rings. The van der Waals surface area contributed by atoms with E-state index in [4.69, 9.17) is 22.1 Å². The lowest BCUT2D eigenvalue weighted by Crippen LogP contribution is -2.31. The fourth-order valence-corrected chi connectivity index (χ4v) is 3.34. The molecule has 0 amide bonds. The van der Waals surface area contributed by atoms with Crippen LogP contribution in [0.2, 0.25) is 5.02 Å². The first-order valence-electron chi connectivity index (χ1n) is 6.42. The molecule has 0 saturated heterocycles. The lowest BCUT2D eigenvalue weighted by molar-refractivity contribution is 0.173. The first-order chi connectivity index (χ1) is 9.38. The van der Waals surface area contributed by atoms with Gasteiger partial charge in [-0.15, -0.1) is 0 Å². The molecular weight excluding hydrogens is 300 g/mol. The van der Waals surface area contributed by atoms with Gasteiger partial charge in [0.05, 0.1) is 15.6 Å². The fourth-order valence-electron chi connectivity index (χ4n) is 2.03. The largest absolute Gasteiger partial charge is 0.397 e. The topological polar surface area (TPSA) is 81.4 Å². The maximum atomic E-state index is 12.2. The fraction of sp³-hybridized carbons (Fsp3) is 0.538. The molecule has 0 atom stereocenters. The summed E-state index contributed by atoms with van der Waals surface area (Å²) in [6.45, 7) is 1.08. The van der Waals surface area contributed by atoms with Crippen molar-refractivity contribution in [3.05, 3.63) is 23.2 Å². The minimum atomic E-state index is -3.55. The maximum absolute atomic E-state index is 12.2. The number of nitrogens with one attached hydrogen (secondary N) is 1. The third kappa shape index (κ3) is 3.63. The van der Waals surface area contributed by atoms with E-state index >= 15 is 0 Å². The number of hydrogen-bond donors (Lipinski definition) is 2. The Bertz CT molecular complexity index is 585. The van der Waals surface area contributed by atoms with Crippen molar-refractivity contribution >= 4 is 27.3 Å². The average Bonchev–Trinajstić information content (AvgIpc) is 3.18. The van der Waals surface area contributed by atoms with Gasteiger partial charge in [-0.2, -0.15) is 0 Å². The van der Waals surface area contributed by atoms with Crippen LogP contribution in [0, 0.1) is 5.41 Å². The second-order valence-electron chi connectivity index (χ2n) is 5.25. The van der Waals surface area contributed by atoms with Gasteiger partial charge in [-0.25, -0.2) is 13.1 Å². The number of nitrogen functional groups attached to an aromatic ring is 1. The van der Waals surface area contributed by atoms with Gasteiger partial charge in [-0.05, 0) is 42.9 Å². The van der Waals surface area contributed by atoms with Crippen LogP contribution in [0.15, 0.2) is 23.1 Å². The Hall–Kier alpha value is -0.820. The highest BCUT2D eigenvalue weighted by molar-refractivity contribution is 7.89. The summed E-state index contributed by atoms with van der Waals surface area (Å²) in [4.78, 5) is 0.141. The molecule has 2 rings (SSSR count). The van der Waals surface area contributed by atoms with Crippen LogP contribution < -0.4 is 10.5 Å². The molecule has 3 N–H and O–H groups in total. The van der Waals surface area contributed by atoms with Gasteiger partial charge in [-0.1, -0.05) is 11.6 Å². The lowest BCUT2D eigenvalue weighted by Gasteiger charge is -2.16. The van der Waals surface area contributed by atoms with Crippen molar-refractivity contribution in [1.29, 1.82) is 0 Å². The number of hydrogen-bond acceptors (Lipinski definition) is 4. The predicted molar refractivity (Wildman–Crippen MR) is 79.2 cm³/mol. The highest BCUT2D eigenvalue weighted by atomic mass is 35.5. The molecule has 0 spiro atoms. The Balaban J connectivity index is 2.02. The standard InChI is InChI=1S/C13H19ClN2O3S/c1-19-7-6-13(4-5-13)9-16-20(17,18)10-2-3-11(14)12(15)8-10/h2-3,8,16H,4-7,9,15H2,1H3. The monoisotopic (exact) mass is 318 g/mol. The van der Waals surface area contributed by atoms with Crippen LogP contribution in [0.3, 0.4) is 0 Å². The quantitative estimate of drug-likeness (QED) is 0.754. The van der Waals surface area contributed by atoms with E-state index in [1.165, 1.54) is 18.2 Å². The van der Waals surface area contributed by atoms with E-state index in [1.54, 1.807) is 7.11 Å². The Labute approximate surface area is 124 Å². The summed E-state index contributed by atoms with van der Waals surface area (Å²) in [5.74, 6) is 0. The second kappa shape index (κ2) is 5.89. The first kappa shape index (κ1) is 15.6. The molecule has 0 unspecified atom stereocenters. The molecule has 0 heterocycles. The van der Waals surface area contributed by atoms with Crippen LogP contribution in [0.1, 0.15) is 19.3 Å². The summed E-state index contributed by atoms with van der Waals surface area (Å²) in [7, 11) is -1.90. The molecule has 1 aliphatic carbocycles. The molecule has 20 heavy (non-hydrogen) atoms. The number of methoxy groups -OCH3 is 1. The summed E-state index contributed by atoms with van der Waals surface area (Å²) < 4.78 is 32.1. The van der Waals surface area contributed by atoms with E-state index < -0.39 is 10.0 Å². The van der Waals surface area contributed by atoms with Crippen LogP contribution in [0.25, 0.3) is 0 Å². The Kier molecular flexibility index (Phi) is 4.59. The van der Waals surface area contributed by atoms with Crippen molar-refractivity contribution in [1.82, 2.24) is 4.72 Å². The Morgan fingerprint density at radius 1 is 1.45 bits per heavy atom. The SMILES string of the molecule is COCCC1(CNS(=O)(=O)c2ccc(Cl)c(N)c2)CC1. The zero-order chi connectivity index (χ0) is 14.8. The van der Waals surface area contributed by atoms with Gasteiger partial charge in [0.15, 0.2) is 0 Å². The van der Waals surface area contributed by atoms with Crippen molar-refractivity contribution < 1.29 is 13.2 Å². The van der Waals surface area contributed by atoms with E-state index in [0.29, 0.717) is 18.2 Å². The molecule has 5 nitrogen and oxygen atoms in total. The molecule has 0 bridgehead atoms. The number of benzene rings is 1. The number of sulfonamides is 1. The third-order valence-corrected chi connectivity index (χ3v) is 5.45. The van der Waals surface area contributed by atoms with E-state index in [-0.39, 0.29) is 16.0 Å². The summed E-state index contributed by atoms with van der Waals surface area (Å²) >= 11 is 5.79. The van der Waals surface area contributed by atoms with E-state index in [2.05, 4.69) is 4.72 Å². The van der Waals surface area contributed by atoms with Crippen LogP contribution in [-0.2, 0) is 14.8 Å². The summed E-state index contributed by atoms with van der Waals surface area (Å²) in [5, 5.41) is 0.350. The van der Waals surface area contributed by atoms with E-state index in [9.17, 15) is 8.42 Å². The molecule has 7 heteroatoms. The first-order valence-corrected chi connectivity index (χ1v) is 8.28. The van der Waals surface area contributed by atoms with Crippen molar-refractivity contribution in [3.8, 4) is 0 Å². The molecule has 1 saturated carbocycles. The van der Waals surface area contributed by atoms with Gasteiger partial charge < -0.3 is 10.5 Å². The Morgan fingerprint density at radius 3 is 2.70 bits per heavy atom. The third-order valence-electron chi connectivity index (χ3n) is 3.71. The Morgan fingerprint density at radius 2 is 2.15 bits per heavy atom. The predicted octanol–water partition coefficient (Wildman–Crippen LogP) is 2.02. The van der Waals surface area contributed by atoms with Gasteiger partial charge in [0, 0.05) is 20.3 Å². The molecule has 0 aliphatic heterocycles. The number of nitrogens with two attached hydrogens (primary N) is 1. The van der Waals surface area contributed by atoms with Gasteiger partial charge in [-0.3, -0.25) is 0 Å². The minimum Gasteiger partial charge on any atom is -0.397 e. The summed E-state index contributed by atoms with van der Waals surface area (Å²) in [6, 6.07) is 4.32. The molecule has 1 aromatic rings. The highest BCUT2D eigenvalue weighted by Crippen LogP contribution is 2.48. The minimum absolute atomic E-state index is 0.0566. The van der Waals surface area contributed by atoms with E-state index in [0.717, 1.165) is 19.3 Å². The van der Waals surface area contributed by atoms with Gasteiger partial charge >= 0.3 is 0 Å². The number of halogens is 1. The molecule has 1 aromatic carbocycles. The van der Waals surface area contributed by atoms with Crippen LogP contribution in [-0.4, -0.2) is 28.7 Å².